The van der Waals surface area contributed by atoms with Crippen molar-refractivity contribution in [2.24, 2.45) is 5.10 Å². The van der Waals surface area contributed by atoms with Gasteiger partial charge in [-0.25, -0.2) is 9.97 Å². The number of aromatic hydroxyl groups is 1. The zero-order chi connectivity index (χ0) is 22.7. The molecular formula is C23H22N6O3. The molecule has 32 heavy (non-hydrogen) atoms. The summed E-state index contributed by atoms with van der Waals surface area (Å²) in [7, 11) is 0. The van der Waals surface area contributed by atoms with E-state index in [1.807, 2.05) is 31.2 Å². The van der Waals surface area contributed by atoms with E-state index in [-0.39, 0.29) is 23.7 Å². The summed E-state index contributed by atoms with van der Waals surface area (Å²) in [6, 6.07) is 12.2. The van der Waals surface area contributed by atoms with Gasteiger partial charge < -0.3 is 20.9 Å². The zero-order valence-corrected chi connectivity index (χ0v) is 17.4. The van der Waals surface area contributed by atoms with Crippen molar-refractivity contribution in [3.63, 3.8) is 0 Å². The molecule has 0 fully saturated rings. The second-order valence-electron chi connectivity index (χ2n) is 6.86. The second kappa shape index (κ2) is 8.76. The van der Waals surface area contributed by atoms with Gasteiger partial charge in [-0.15, -0.1) is 6.58 Å². The Hall–Kier alpha value is -4.40. The highest BCUT2D eigenvalue weighted by Gasteiger charge is 2.23. The summed E-state index contributed by atoms with van der Waals surface area (Å²) in [5.41, 5.74) is 9.18. The molecule has 9 heteroatoms. The first-order valence-corrected chi connectivity index (χ1v) is 9.99. The monoisotopic (exact) mass is 430 g/mol. The molecule has 0 saturated carbocycles. The third-order valence-electron chi connectivity index (χ3n) is 4.71. The Bertz CT molecular complexity index is 1360. The molecule has 2 heterocycles. The summed E-state index contributed by atoms with van der Waals surface area (Å²) in [5, 5.41) is 17.1. The molecule has 0 spiro atoms. The van der Waals surface area contributed by atoms with E-state index in [0.717, 1.165) is 0 Å². The van der Waals surface area contributed by atoms with Gasteiger partial charge in [0.05, 0.1) is 23.9 Å². The number of nitrogens with one attached hydrogen (secondary N) is 1. The number of para-hydroxylation sites is 2. The molecule has 2 aromatic carbocycles. The van der Waals surface area contributed by atoms with Crippen molar-refractivity contribution in [2.45, 2.75) is 6.92 Å². The van der Waals surface area contributed by atoms with Crippen LogP contribution in [0, 0.1) is 0 Å². The van der Waals surface area contributed by atoms with Crippen molar-refractivity contribution in [1.82, 2.24) is 20.0 Å². The lowest BCUT2D eigenvalue weighted by molar-refractivity contribution is 0.0960. The van der Waals surface area contributed by atoms with E-state index in [1.165, 1.54) is 10.7 Å². The Kier molecular flexibility index (Phi) is 5.71. The van der Waals surface area contributed by atoms with E-state index >= 15 is 0 Å². The van der Waals surface area contributed by atoms with Gasteiger partial charge in [0.15, 0.2) is 17.1 Å². The number of hydrogen-bond donors (Lipinski definition) is 3. The summed E-state index contributed by atoms with van der Waals surface area (Å²) in [6.45, 7) is 6.14. The maximum absolute atomic E-state index is 12.8. The van der Waals surface area contributed by atoms with Crippen molar-refractivity contribution in [3.05, 3.63) is 66.2 Å². The number of nitrogens with zero attached hydrogens (tertiary/aromatic N) is 4. The minimum Gasteiger partial charge on any atom is -0.504 e. The average molecular weight is 430 g/mol. The van der Waals surface area contributed by atoms with Crippen LogP contribution in [0.2, 0.25) is 0 Å². The van der Waals surface area contributed by atoms with Crippen LogP contribution in [0.5, 0.6) is 11.5 Å². The standard InChI is InChI=1S/C23H22N6O3/c1-3-11-25-23(31)19-20-22(28-16-8-6-5-7-15(16)27-20)29(21(19)24)26-13-14-9-10-17(30)18(12-14)32-4-2/h3,5-10,12-13,30H,1,4,11,24H2,2H3,(H,25,31). The first-order chi connectivity index (χ1) is 15.5. The number of anilines is 1. The summed E-state index contributed by atoms with van der Waals surface area (Å²) < 4.78 is 6.80. The summed E-state index contributed by atoms with van der Waals surface area (Å²) >= 11 is 0. The van der Waals surface area contributed by atoms with Crippen LogP contribution in [-0.4, -0.2) is 45.0 Å². The van der Waals surface area contributed by atoms with E-state index in [1.54, 1.807) is 24.4 Å². The molecule has 4 aromatic rings. The lowest BCUT2D eigenvalue weighted by atomic mass is 10.2. The Morgan fingerprint density at radius 1 is 1.28 bits per heavy atom. The van der Waals surface area contributed by atoms with Crippen LogP contribution in [0.3, 0.4) is 0 Å². The van der Waals surface area contributed by atoms with E-state index in [9.17, 15) is 9.90 Å². The van der Waals surface area contributed by atoms with Crippen molar-refractivity contribution < 1.29 is 14.6 Å². The number of ether oxygens (including phenoxy) is 1. The number of phenolic OH excluding ortho intramolecular Hbond substituents is 1. The number of carbonyl (C=O) groups is 1. The van der Waals surface area contributed by atoms with Crippen LogP contribution in [0.1, 0.15) is 22.8 Å². The van der Waals surface area contributed by atoms with Gasteiger partial charge >= 0.3 is 0 Å². The number of nitrogens with two attached hydrogens (primary N) is 1. The molecule has 1 amide bonds. The molecule has 0 aliphatic carbocycles. The van der Waals surface area contributed by atoms with Crippen molar-refractivity contribution in [3.8, 4) is 11.5 Å². The Morgan fingerprint density at radius 3 is 2.75 bits per heavy atom. The van der Waals surface area contributed by atoms with Crippen LogP contribution in [0.4, 0.5) is 5.82 Å². The first kappa shape index (κ1) is 20.9. The molecule has 0 aliphatic heterocycles. The molecule has 0 unspecified atom stereocenters. The predicted octanol–water partition coefficient (Wildman–Crippen LogP) is 3.07. The van der Waals surface area contributed by atoms with Gasteiger partial charge in [-0.2, -0.15) is 9.78 Å². The molecule has 0 bridgehead atoms. The van der Waals surface area contributed by atoms with Gasteiger partial charge in [0.2, 0.25) is 0 Å². The minimum atomic E-state index is -0.394. The van der Waals surface area contributed by atoms with Gasteiger partial charge in [-0.1, -0.05) is 18.2 Å². The van der Waals surface area contributed by atoms with Gasteiger partial charge in [0, 0.05) is 6.54 Å². The Labute approximate surface area is 183 Å². The smallest absolute Gasteiger partial charge is 0.257 e. The quantitative estimate of drug-likeness (QED) is 0.305. The number of aromatic nitrogens is 3. The molecule has 9 nitrogen and oxygen atoms in total. The van der Waals surface area contributed by atoms with Gasteiger partial charge in [-0.05, 0) is 42.8 Å². The number of benzene rings is 2. The van der Waals surface area contributed by atoms with E-state index in [0.29, 0.717) is 40.1 Å². The van der Waals surface area contributed by atoms with E-state index in [2.05, 4.69) is 27.0 Å². The second-order valence-corrected chi connectivity index (χ2v) is 6.86. The molecule has 0 saturated heterocycles. The fourth-order valence-corrected chi connectivity index (χ4v) is 3.25. The predicted molar refractivity (Wildman–Crippen MR) is 124 cm³/mol. The van der Waals surface area contributed by atoms with Crippen LogP contribution in [-0.2, 0) is 0 Å². The fraction of sp³-hybridized carbons (Fsp3) is 0.130. The maximum Gasteiger partial charge on any atom is 0.257 e. The summed E-state index contributed by atoms with van der Waals surface area (Å²) in [5.74, 6) is 0.0941. The fourth-order valence-electron chi connectivity index (χ4n) is 3.25. The molecule has 0 aliphatic rings. The highest BCUT2D eigenvalue weighted by molar-refractivity contribution is 6.10. The number of hydrogen-bond acceptors (Lipinski definition) is 7. The SMILES string of the molecule is C=CCNC(=O)c1c(N)n(N=Cc2ccc(O)c(OCC)c2)c2nc3ccccc3nc12. The number of amides is 1. The van der Waals surface area contributed by atoms with Crippen LogP contribution in [0.25, 0.3) is 22.2 Å². The Morgan fingerprint density at radius 2 is 2.03 bits per heavy atom. The lowest BCUT2D eigenvalue weighted by Gasteiger charge is -2.06. The average Bonchev–Trinajstić information content (AvgIpc) is 3.06. The molecule has 0 radical (unpaired) electrons. The van der Waals surface area contributed by atoms with Gasteiger partial charge in [-0.3, -0.25) is 4.79 Å². The topological polar surface area (TPSA) is 128 Å². The van der Waals surface area contributed by atoms with Crippen LogP contribution < -0.4 is 15.8 Å². The molecule has 2 aromatic heterocycles. The number of fused-ring (bicyclic) bond motifs is 2. The third kappa shape index (κ3) is 3.83. The zero-order valence-electron chi connectivity index (χ0n) is 17.4. The number of carbonyl (C=O) groups excluding carboxylic acids is 1. The maximum atomic E-state index is 12.8. The summed E-state index contributed by atoms with van der Waals surface area (Å²) in [4.78, 5) is 22.1. The van der Waals surface area contributed by atoms with E-state index < -0.39 is 5.91 Å². The molecule has 162 valence electrons. The largest absolute Gasteiger partial charge is 0.504 e. The van der Waals surface area contributed by atoms with Gasteiger partial charge in [0.1, 0.15) is 16.9 Å². The van der Waals surface area contributed by atoms with Crippen LogP contribution in [0.15, 0.2) is 60.2 Å². The molecule has 0 atom stereocenters. The highest BCUT2D eigenvalue weighted by atomic mass is 16.5. The molecular weight excluding hydrogens is 408 g/mol. The first-order valence-electron chi connectivity index (χ1n) is 9.99. The normalized spacial score (nSPS) is 11.3. The number of phenols is 1. The molecule has 4 rings (SSSR count). The third-order valence-corrected chi connectivity index (χ3v) is 4.71. The van der Waals surface area contributed by atoms with Crippen molar-refractivity contribution >= 4 is 40.1 Å². The summed E-state index contributed by atoms with van der Waals surface area (Å²) in [6.07, 6.45) is 3.12. The minimum absolute atomic E-state index is 0.0356. The van der Waals surface area contributed by atoms with Crippen molar-refractivity contribution in [1.29, 1.82) is 0 Å². The highest BCUT2D eigenvalue weighted by Crippen LogP contribution is 2.29. The van der Waals surface area contributed by atoms with Crippen molar-refractivity contribution in [2.75, 3.05) is 18.9 Å². The molecule has 4 N–H and O–H groups in total. The number of nitrogen functional groups attached to an aromatic ring is 1. The van der Waals surface area contributed by atoms with Crippen LogP contribution >= 0.6 is 0 Å². The number of rotatable bonds is 7. The van der Waals surface area contributed by atoms with E-state index in [4.69, 9.17) is 10.5 Å². The van der Waals surface area contributed by atoms with Gasteiger partial charge in [0.25, 0.3) is 5.91 Å². The lowest BCUT2D eigenvalue weighted by Crippen LogP contribution is -2.24. The Balaban J connectivity index is 1.86.